The van der Waals surface area contributed by atoms with Gasteiger partial charge in [-0.2, -0.15) is 11.8 Å². The summed E-state index contributed by atoms with van der Waals surface area (Å²) in [6, 6.07) is 0.290. The van der Waals surface area contributed by atoms with Gasteiger partial charge in [-0.3, -0.25) is 4.79 Å². The summed E-state index contributed by atoms with van der Waals surface area (Å²) in [7, 11) is 1.47. The molecule has 0 aliphatic rings. The average Bonchev–Trinajstić information content (AvgIpc) is 2.28. The normalized spacial score (nSPS) is 12.2. The molecule has 0 spiro atoms. The molecule has 0 fully saturated rings. The molecule has 2 N–H and O–H groups in total. The Balaban J connectivity index is 2.87. The molecule has 1 heterocycles. The van der Waals surface area contributed by atoms with Crippen LogP contribution in [0.5, 0.6) is 5.75 Å². The summed E-state index contributed by atoms with van der Waals surface area (Å²) in [6.07, 6.45) is 4.39. The van der Waals surface area contributed by atoms with Crippen molar-refractivity contribution in [3.8, 4) is 5.75 Å². The van der Waals surface area contributed by atoms with Crippen molar-refractivity contribution in [2.45, 2.75) is 19.4 Å². The first kappa shape index (κ1) is 12.9. The Morgan fingerprint density at radius 1 is 1.69 bits per heavy atom. The van der Waals surface area contributed by atoms with Crippen molar-refractivity contribution in [2.24, 2.45) is 0 Å². The van der Waals surface area contributed by atoms with Crippen LogP contribution in [0.15, 0.2) is 11.1 Å². The van der Waals surface area contributed by atoms with Crippen molar-refractivity contribution >= 4 is 17.6 Å². The van der Waals surface area contributed by atoms with Gasteiger partial charge in [-0.05, 0) is 12.7 Å². The highest BCUT2D eigenvalue weighted by Crippen LogP contribution is 2.17. The minimum Gasteiger partial charge on any atom is -0.489 e. The fraction of sp³-hybridized carbons (Fsp3) is 0.600. The lowest BCUT2D eigenvalue weighted by Gasteiger charge is -2.17. The van der Waals surface area contributed by atoms with Gasteiger partial charge in [-0.25, -0.2) is 4.98 Å². The van der Waals surface area contributed by atoms with Gasteiger partial charge in [0.15, 0.2) is 5.82 Å². The van der Waals surface area contributed by atoms with Gasteiger partial charge in [-0.1, -0.05) is 6.92 Å². The van der Waals surface area contributed by atoms with E-state index in [2.05, 4.69) is 22.2 Å². The monoisotopic (exact) mass is 243 g/mol. The number of H-pyrrole nitrogens is 1. The fourth-order valence-corrected chi connectivity index (χ4v) is 2.06. The van der Waals surface area contributed by atoms with Crippen LogP contribution in [-0.2, 0) is 0 Å². The molecular formula is C10H17N3O2S. The molecule has 1 aromatic heterocycles. The molecule has 0 bridgehead atoms. The Morgan fingerprint density at radius 2 is 2.44 bits per heavy atom. The minimum atomic E-state index is -0.265. The van der Waals surface area contributed by atoms with Gasteiger partial charge in [0.2, 0.25) is 5.75 Å². The number of aromatic nitrogens is 2. The highest BCUT2D eigenvalue weighted by atomic mass is 32.2. The van der Waals surface area contributed by atoms with Crippen molar-refractivity contribution in [3.63, 3.8) is 0 Å². The van der Waals surface area contributed by atoms with Crippen LogP contribution in [0.4, 0.5) is 5.82 Å². The number of hydrogen-bond acceptors (Lipinski definition) is 5. The molecule has 5 nitrogen and oxygen atoms in total. The van der Waals surface area contributed by atoms with Crippen LogP contribution in [0, 0.1) is 0 Å². The number of hydrogen-bond donors (Lipinski definition) is 2. The van der Waals surface area contributed by atoms with Crippen molar-refractivity contribution in [2.75, 3.05) is 24.4 Å². The lowest BCUT2D eigenvalue weighted by Crippen LogP contribution is -2.24. The Hall–Kier alpha value is -1.17. The number of anilines is 1. The molecule has 1 unspecified atom stereocenters. The lowest BCUT2D eigenvalue weighted by molar-refractivity contribution is 0.407. The van der Waals surface area contributed by atoms with Gasteiger partial charge < -0.3 is 15.0 Å². The van der Waals surface area contributed by atoms with E-state index < -0.39 is 0 Å². The second kappa shape index (κ2) is 6.42. The Morgan fingerprint density at radius 3 is 3.00 bits per heavy atom. The number of methoxy groups -OCH3 is 1. The summed E-state index contributed by atoms with van der Waals surface area (Å²) in [5, 5.41) is 3.21. The van der Waals surface area contributed by atoms with Crippen LogP contribution in [0.3, 0.4) is 0 Å². The van der Waals surface area contributed by atoms with Gasteiger partial charge >= 0.3 is 0 Å². The van der Waals surface area contributed by atoms with Gasteiger partial charge in [-0.15, -0.1) is 0 Å². The second-order valence-corrected chi connectivity index (χ2v) is 4.23. The topological polar surface area (TPSA) is 67.0 Å². The third-order valence-corrected chi connectivity index (χ3v) is 2.95. The number of thioether (sulfide) groups is 1. The zero-order valence-electron chi connectivity index (χ0n) is 9.74. The van der Waals surface area contributed by atoms with Crippen LogP contribution in [-0.4, -0.2) is 35.1 Å². The molecule has 1 aromatic rings. The van der Waals surface area contributed by atoms with Gasteiger partial charge in [0, 0.05) is 11.8 Å². The van der Waals surface area contributed by atoms with Gasteiger partial charge in [0.05, 0.1) is 13.4 Å². The zero-order valence-corrected chi connectivity index (χ0v) is 10.6. The zero-order chi connectivity index (χ0) is 12.0. The molecule has 0 radical (unpaired) electrons. The van der Waals surface area contributed by atoms with E-state index in [9.17, 15) is 4.79 Å². The minimum absolute atomic E-state index is 0.238. The number of aromatic amines is 1. The van der Waals surface area contributed by atoms with E-state index in [0.29, 0.717) is 5.82 Å². The molecule has 90 valence electrons. The summed E-state index contributed by atoms with van der Waals surface area (Å²) in [5.74, 6) is 1.71. The van der Waals surface area contributed by atoms with Crippen molar-refractivity contribution < 1.29 is 4.74 Å². The highest BCUT2D eigenvalue weighted by Gasteiger charge is 2.12. The van der Waals surface area contributed by atoms with Gasteiger partial charge in [0.25, 0.3) is 5.56 Å². The molecular weight excluding hydrogens is 226 g/mol. The molecule has 1 atom stereocenters. The Kier molecular flexibility index (Phi) is 5.18. The number of ether oxygens (including phenoxy) is 1. The second-order valence-electron chi connectivity index (χ2n) is 3.32. The molecule has 0 saturated heterocycles. The predicted molar refractivity (Wildman–Crippen MR) is 67.5 cm³/mol. The number of nitrogens with zero attached hydrogens (tertiary/aromatic N) is 1. The third kappa shape index (κ3) is 3.16. The predicted octanol–water partition coefficient (Wildman–Crippen LogP) is 1.33. The van der Waals surface area contributed by atoms with E-state index in [1.165, 1.54) is 13.4 Å². The number of nitrogens with one attached hydrogen (secondary N) is 2. The maximum Gasteiger partial charge on any atom is 0.295 e. The van der Waals surface area contributed by atoms with Crippen LogP contribution in [0.2, 0.25) is 0 Å². The maximum atomic E-state index is 11.4. The molecule has 0 amide bonds. The molecule has 0 aliphatic heterocycles. The molecule has 16 heavy (non-hydrogen) atoms. The SMILES string of the molecule is CCC(CSC)Nc1nc[nH]c(=O)c1OC. The van der Waals surface area contributed by atoms with E-state index >= 15 is 0 Å². The van der Waals surface area contributed by atoms with Gasteiger partial charge in [0.1, 0.15) is 0 Å². The van der Waals surface area contributed by atoms with Crippen molar-refractivity contribution in [1.29, 1.82) is 0 Å². The van der Waals surface area contributed by atoms with Crippen molar-refractivity contribution in [3.05, 3.63) is 16.7 Å². The molecule has 0 saturated carbocycles. The first-order valence-electron chi connectivity index (χ1n) is 5.10. The molecule has 1 rings (SSSR count). The first-order valence-corrected chi connectivity index (χ1v) is 6.49. The maximum absolute atomic E-state index is 11.4. The molecule has 0 aliphatic carbocycles. The molecule has 6 heteroatoms. The summed E-state index contributed by atoms with van der Waals surface area (Å²) in [4.78, 5) is 18.0. The van der Waals surface area contributed by atoms with E-state index in [1.54, 1.807) is 11.8 Å². The largest absolute Gasteiger partial charge is 0.489 e. The summed E-state index contributed by atoms with van der Waals surface area (Å²) < 4.78 is 5.02. The fourth-order valence-electron chi connectivity index (χ4n) is 1.34. The highest BCUT2D eigenvalue weighted by molar-refractivity contribution is 7.98. The number of rotatable bonds is 6. The van der Waals surface area contributed by atoms with Crippen LogP contribution >= 0.6 is 11.8 Å². The lowest BCUT2D eigenvalue weighted by atomic mass is 10.2. The van der Waals surface area contributed by atoms with Crippen LogP contribution in [0.1, 0.15) is 13.3 Å². The summed E-state index contributed by atoms with van der Waals surface area (Å²) in [6.45, 7) is 2.09. The Bertz CT molecular complexity index is 381. The standard InChI is InChI=1S/C10H17N3O2S/c1-4-7(5-16-3)13-9-8(15-2)10(14)12-6-11-9/h6-7H,4-5H2,1-3H3,(H2,11,12,13,14). The quantitative estimate of drug-likeness (QED) is 0.789. The third-order valence-electron chi connectivity index (χ3n) is 2.22. The first-order chi connectivity index (χ1) is 7.72. The Labute approximate surface area is 99.0 Å². The van der Waals surface area contributed by atoms with E-state index in [-0.39, 0.29) is 17.4 Å². The van der Waals surface area contributed by atoms with E-state index in [0.717, 1.165) is 12.2 Å². The summed E-state index contributed by atoms with van der Waals surface area (Å²) >= 11 is 1.75. The average molecular weight is 243 g/mol. The van der Waals surface area contributed by atoms with E-state index in [1.807, 2.05) is 6.26 Å². The van der Waals surface area contributed by atoms with E-state index in [4.69, 9.17) is 4.74 Å². The van der Waals surface area contributed by atoms with Crippen molar-refractivity contribution in [1.82, 2.24) is 9.97 Å². The van der Waals surface area contributed by atoms with Crippen LogP contribution < -0.4 is 15.6 Å². The smallest absolute Gasteiger partial charge is 0.295 e. The van der Waals surface area contributed by atoms with Crippen LogP contribution in [0.25, 0.3) is 0 Å². The molecule has 0 aromatic carbocycles. The summed E-state index contributed by atoms with van der Waals surface area (Å²) in [5.41, 5.74) is -0.265.